The highest BCUT2D eigenvalue weighted by Crippen LogP contribution is 2.21. The van der Waals surface area contributed by atoms with E-state index in [4.69, 9.17) is 11.6 Å². The summed E-state index contributed by atoms with van der Waals surface area (Å²) in [4.78, 5) is 0. The second-order valence-electron chi connectivity index (χ2n) is 3.47. The van der Waals surface area contributed by atoms with E-state index in [2.05, 4.69) is 32.6 Å². The third kappa shape index (κ3) is 3.76. The SMILES string of the molecule is CC(/C=C/Cl)[Si](C)(C)C. The van der Waals surface area contributed by atoms with E-state index in [1.54, 1.807) is 5.54 Å². The molecule has 0 aromatic rings. The van der Waals surface area contributed by atoms with Crippen LogP contribution in [0, 0.1) is 0 Å². The van der Waals surface area contributed by atoms with E-state index in [1.165, 1.54) is 0 Å². The molecule has 0 bridgehead atoms. The third-order valence-electron chi connectivity index (χ3n) is 1.73. The molecule has 0 rings (SSSR count). The van der Waals surface area contributed by atoms with Crippen molar-refractivity contribution in [1.29, 1.82) is 0 Å². The summed E-state index contributed by atoms with van der Waals surface area (Å²) in [6.07, 6.45) is 2.08. The van der Waals surface area contributed by atoms with Crippen molar-refractivity contribution >= 4 is 19.7 Å². The first-order valence-electron chi connectivity index (χ1n) is 3.25. The number of allylic oxidation sites excluding steroid dienone is 1. The number of rotatable bonds is 2. The van der Waals surface area contributed by atoms with Crippen molar-refractivity contribution in [1.82, 2.24) is 0 Å². The highest BCUT2D eigenvalue weighted by Gasteiger charge is 2.18. The molecule has 2 heteroatoms. The van der Waals surface area contributed by atoms with Gasteiger partial charge >= 0.3 is 0 Å². The maximum absolute atomic E-state index is 5.44. The van der Waals surface area contributed by atoms with E-state index in [-0.39, 0.29) is 0 Å². The van der Waals surface area contributed by atoms with Crippen molar-refractivity contribution in [2.24, 2.45) is 0 Å². The molecule has 0 N–H and O–H groups in total. The zero-order valence-corrected chi connectivity index (χ0v) is 8.37. The van der Waals surface area contributed by atoms with Crippen LogP contribution in [0.5, 0.6) is 0 Å². The molecular formula is C7H15ClSi. The summed E-state index contributed by atoms with van der Waals surface area (Å²) in [5, 5.41) is 0. The van der Waals surface area contributed by atoms with Gasteiger partial charge in [0, 0.05) is 5.54 Å². The van der Waals surface area contributed by atoms with E-state index in [1.807, 2.05) is 0 Å². The monoisotopic (exact) mass is 162 g/mol. The van der Waals surface area contributed by atoms with Gasteiger partial charge in [-0.2, -0.15) is 0 Å². The molecular weight excluding hydrogens is 148 g/mol. The molecule has 0 aromatic heterocycles. The summed E-state index contributed by atoms with van der Waals surface area (Å²) in [7, 11) is -0.953. The van der Waals surface area contributed by atoms with E-state index >= 15 is 0 Å². The lowest BCUT2D eigenvalue weighted by Gasteiger charge is -2.21. The minimum atomic E-state index is -0.953. The van der Waals surface area contributed by atoms with Crippen LogP contribution in [0.1, 0.15) is 6.92 Å². The molecule has 0 amide bonds. The minimum Gasteiger partial charge on any atom is -0.0933 e. The predicted molar refractivity (Wildman–Crippen MR) is 47.8 cm³/mol. The van der Waals surface area contributed by atoms with Crippen LogP contribution >= 0.6 is 11.6 Å². The molecule has 0 saturated carbocycles. The van der Waals surface area contributed by atoms with Gasteiger partial charge in [-0.15, -0.1) is 0 Å². The topological polar surface area (TPSA) is 0 Å². The molecule has 1 atom stereocenters. The predicted octanol–water partition coefficient (Wildman–Crippen LogP) is 3.47. The average Bonchev–Trinajstić information content (AvgIpc) is 1.64. The van der Waals surface area contributed by atoms with E-state index in [9.17, 15) is 0 Å². The molecule has 9 heavy (non-hydrogen) atoms. The van der Waals surface area contributed by atoms with Crippen molar-refractivity contribution in [2.75, 3.05) is 0 Å². The molecule has 0 aliphatic carbocycles. The Bertz CT molecular complexity index is 102. The van der Waals surface area contributed by atoms with Crippen LogP contribution in [0.2, 0.25) is 25.2 Å². The quantitative estimate of drug-likeness (QED) is 0.546. The molecule has 0 aliphatic rings. The van der Waals surface area contributed by atoms with E-state index in [0.717, 1.165) is 0 Å². The molecule has 0 saturated heterocycles. The number of hydrogen-bond donors (Lipinski definition) is 0. The van der Waals surface area contributed by atoms with Gasteiger partial charge in [-0.3, -0.25) is 0 Å². The highest BCUT2D eigenvalue weighted by atomic mass is 35.5. The largest absolute Gasteiger partial charge is 0.0933 e. The highest BCUT2D eigenvalue weighted by molar-refractivity contribution is 6.77. The summed E-state index contributed by atoms with van der Waals surface area (Å²) in [5.74, 6) is 0. The second kappa shape index (κ2) is 3.42. The van der Waals surface area contributed by atoms with Crippen molar-refractivity contribution in [2.45, 2.75) is 32.1 Å². The van der Waals surface area contributed by atoms with Crippen molar-refractivity contribution in [3.05, 3.63) is 11.6 Å². The van der Waals surface area contributed by atoms with Gasteiger partial charge < -0.3 is 0 Å². The number of hydrogen-bond acceptors (Lipinski definition) is 0. The Labute approximate surface area is 63.9 Å². The van der Waals surface area contributed by atoms with Crippen LogP contribution in [0.3, 0.4) is 0 Å². The van der Waals surface area contributed by atoms with Gasteiger partial charge in [0.15, 0.2) is 0 Å². The molecule has 0 aliphatic heterocycles. The Hall–Kier alpha value is 0.247. The standard InChI is InChI=1S/C7H15ClSi/c1-7(5-6-8)9(2,3)4/h5-7H,1-4H3/b6-5+. The fourth-order valence-electron chi connectivity index (χ4n) is 0.398. The van der Waals surface area contributed by atoms with Crippen LogP contribution in [0.25, 0.3) is 0 Å². The molecule has 1 unspecified atom stereocenters. The van der Waals surface area contributed by atoms with Gasteiger partial charge in [0.1, 0.15) is 0 Å². The van der Waals surface area contributed by atoms with Gasteiger partial charge in [-0.05, 0) is 5.54 Å². The Kier molecular flexibility index (Phi) is 3.52. The summed E-state index contributed by atoms with van der Waals surface area (Å²) in [6, 6.07) is 0. The minimum absolute atomic E-state index is 0.690. The lowest BCUT2D eigenvalue weighted by Crippen LogP contribution is -2.24. The zero-order chi connectivity index (χ0) is 7.49. The average molecular weight is 163 g/mol. The first kappa shape index (κ1) is 9.25. The van der Waals surface area contributed by atoms with Gasteiger partial charge in [-0.25, -0.2) is 0 Å². The summed E-state index contributed by atoms with van der Waals surface area (Å²) in [6.45, 7) is 9.25. The van der Waals surface area contributed by atoms with Crippen molar-refractivity contribution in [3.8, 4) is 0 Å². The molecule has 0 nitrogen and oxygen atoms in total. The molecule has 0 fully saturated rings. The maximum atomic E-state index is 5.44. The second-order valence-corrected chi connectivity index (χ2v) is 9.37. The first-order chi connectivity index (χ1) is 3.98. The third-order valence-corrected chi connectivity index (χ3v) is 4.80. The molecule has 54 valence electrons. The van der Waals surface area contributed by atoms with Crippen LogP contribution < -0.4 is 0 Å². The van der Waals surface area contributed by atoms with Crippen LogP contribution in [0.4, 0.5) is 0 Å². The maximum Gasteiger partial charge on any atom is 0.0510 e. The Balaban J connectivity index is 3.88. The molecule has 0 aromatic carbocycles. The van der Waals surface area contributed by atoms with Gasteiger partial charge in [0.05, 0.1) is 8.07 Å². The fraction of sp³-hybridized carbons (Fsp3) is 0.714. The first-order valence-corrected chi connectivity index (χ1v) is 7.26. The summed E-state index contributed by atoms with van der Waals surface area (Å²) >= 11 is 5.44. The van der Waals surface area contributed by atoms with Crippen molar-refractivity contribution < 1.29 is 0 Å². The van der Waals surface area contributed by atoms with Gasteiger partial charge in [0.25, 0.3) is 0 Å². The van der Waals surface area contributed by atoms with Crippen LogP contribution in [-0.4, -0.2) is 8.07 Å². The van der Waals surface area contributed by atoms with Crippen LogP contribution in [0.15, 0.2) is 11.6 Å². The van der Waals surface area contributed by atoms with E-state index in [0.29, 0.717) is 5.54 Å². The lowest BCUT2D eigenvalue weighted by atomic mass is 10.5. The fourth-order valence-corrected chi connectivity index (χ4v) is 1.41. The van der Waals surface area contributed by atoms with Gasteiger partial charge in [0.2, 0.25) is 0 Å². The summed E-state index contributed by atoms with van der Waals surface area (Å²) < 4.78 is 0. The lowest BCUT2D eigenvalue weighted by molar-refractivity contribution is 1.13. The Morgan fingerprint density at radius 1 is 1.33 bits per heavy atom. The van der Waals surface area contributed by atoms with Crippen molar-refractivity contribution in [3.63, 3.8) is 0 Å². The summed E-state index contributed by atoms with van der Waals surface area (Å²) in [5.41, 5.74) is 2.32. The molecule has 0 heterocycles. The van der Waals surface area contributed by atoms with Crippen LogP contribution in [-0.2, 0) is 0 Å². The smallest absolute Gasteiger partial charge is 0.0510 e. The Morgan fingerprint density at radius 2 is 1.78 bits per heavy atom. The zero-order valence-electron chi connectivity index (χ0n) is 6.61. The Morgan fingerprint density at radius 3 is 1.89 bits per heavy atom. The number of halogens is 1. The van der Waals surface area contributed by atoms with Gasteiger partial charge in [-0.1, -0.05) is 44.2 Å². The normalized spacial score (nSPS) is 16.6. The molecule has 0 spiro atoms. The molecule has 0 radical (unpaired) electrons. The van der Waals surface area contributed by atoms with E-state index < -0.39 is 8.07 Å².